The second kappa shape index (κ2) is 3.78. The summed E-state index contributed by atoms with van der Waals surface area (Å²) in [4.78, 5) is 15.6. The number of fused-ring (bicyclic) bond motifs is 1. The minimum atomic E-state index is -0.157. The molecule has 0 bridgehead atoms. The second-order valence-corrected chi connectivity index (χ2v) is 4.63. The number of quaternary nitrogens is 1. The molecule has 1 aliphatic rings. The van der Waals surface area contributed by atoms with Crippen molar-refractivity contribution in [3.8, 4) is 0 Å². The molecular formula is C11H13ClN3O2+. The number of ketones is 1. The molecule has 0 N–H and O–H groups in total. The Bertz CT molecular complexity index is 538. The molecule has 0 fully saturated rings. The lowest BCUT2D eigenvalue weighted by Crippen LogP contribution is -2.31. The summed E-state index contributed by atoms with van der Waals surface area (Å²) in [7, 11) is 5.28. The van der Waals surface area contributed by atoms with Gasteiger partial charge in [0.05, 0.1) is 21.2 Å². The highest BCUT2D eigenvalue weighted by Gasteiger charge is 2.39. The summed E-state index contributed by atoms with van der Waals surface area (Å²) in [5, 5.41) is 4.66. The van der Waals surface area contributed by atoms with E-state index in [0.29, 0.717) is 17.2 Å². The van der Waals surface area contributed by atoms with Gasteiger partial charge in [0.2, 0.25) is 0 Å². The molecular weight excluding hydrogens is 242 g/mol. The van der Waals surface area contributed by atoms with Crippen molar-refractivity contribution in [1.82, 2.24) is 9.58 Å². The molecule has 0 amide bonds. The third-order valence-electron chi connectivity index (χ3n) is 2.64. The number of hydrogen-bond acceptors (Lipinski definition) is 4. The van der Waals surface area contributed by atoms with Crippen LogP contribution in [0.5, 0.6) is 0 Å². The van der Waals surface area contributed by atoms with Crippen LogP contribution in [-0.4, -0.2) is 37.9 Å². The summed E-state index contributed by atoms with van der Waals surface area (Å²) in [6, 6.07) is 1.71. The van der Waals surface area contributed by atoms with Crippen LogP contribution in [0.4, 0.5) is 5.69 Å². The average Bonchev–Trinajstić information content (AvgIpc) is 2.49. The SMILES string of the molecule is COC1=N[N+](C)(C)c2cc(Cl)nc(C(C)=O)c21. The van der Waals surface area contributed by atoms with E-state index >= 15 is 0 Å². The monoisotopic (exact) mass is 254 g/mol. The number of methoxy groups -OCH3 is 1. The van der Waals surface area contributed by atoms with Crippen molar-refractivity contribution in [2.45, 2.75) is 6.92 Å². The Morgan fingerprint density at radius 2 is 2.12 bits per heavy atom. The molecule has 0 aliphatic carbocycles. The van der Waals surface area contributed by atoms with Gasteiger partial charge in [0.1, 0.15) is 16.4 Å². The minimum Gasteiger partial charge on any atom is -0.477 e. The third-order valence-corrected chi connectivity index (χ3v) is 2.83. The van der Waals surface area contributed by atoms with E-state index in [1.54, 1.807) is 6.07 Å². The van der Waals surface area contributed by atoms with Crippen LogP contribution in [0.3, 0.4) is 0 Å². The van der Waals surface area contributed by atoms with Gasteiger partial charge in [-0.25, -0.2) is 4.98 Å². The molecule has 0 aromatic carbocycles. The summed E-state index contributed by atoms with van der Waals surface area (Å²) in [6.45, 7) is 1.45. The summed E-state index contributed by atoms with van der Waals surface area (Å²) >= 11 is 5.93. The van der Waals surface area contributed by atoms with Gasteiger partial charge in [0.15, 0.2) is 11.5 Å². The number of aromatic nitrogens is 1. The van der Waals surface area contributed by atoms with Crippen molar-refractivity contribution in [2.24, 2.45) is 5.10 Å². The van der Waals surface area contributed by atoms with E-state index in [1.165, 1.54) is 14.0 Å². The Kier molecular flexibility index (Phi) is 2.67. The van der Waals surface area contributed by atoms with Crippen LogP contribution >= 0.6 is 11.6 Å². The van der Waals surface area contributed by atoms with Gasteiger partial charge >= 0.3 is 0 Å². The number of hydrogen-bond donors (Lipinski definition) is 0. The van der Waals surface area contributed by atoms with E-state index in [9.17, 15) is 4.79 Å². The van der Waals surface area contributed by atoms with E-state index in [2.05, 4.69) is 10.1 Å². The highest BCUT2D eigenvalue weighted by atomic mass is 35.5. The Morgan fingerprint density at radius 3 is 2.65 bits per heavy atom. The summed E-state index contributed by atoms with van der Waals surface area (Å²) in [6.07, 6.45) is 0. The van der Waals surface area contributed by atoms with Crippen molar-refractivity contribution in [3.05, 3.63) is 22.5 Å². The van der Waals surface area contributed by atoms with Crippen LogP contribution in [0.15, 0.2) is 11.2 Å². The highest BCUT2D eigenvalue weighted by Crippen LogP contribution is 2.35. The molecule has 5 nitrogen and oxygen atoms in total. The molecule has 0 spiro atoms. The quantitative estimate of drug-likeness (QED) is 0.436. The van der Waals surface area contributed by atoms with Crippen LogP contribution in [0.1, 0.15) is 23.0 Å². The zero-order valence-corrected chi connectivity index (χ0v) is 10.9. The predicted octanol–water partition coefficient (Wildman–Crippen LogP) is 1.83. The van der Waals surface area contributed by atoms with E-state index in [4.69, 9.17) is 16.3 Å². The maximum Gasteiger partial charge on any atom is 0.282 e. The Morgan fingerprint density at radius 1 is 1.47 bits per heavy atom. The second-order valence-electron chi connectivity index (χ2n) is 4.25. The number of nitrogens with zero attached hydrogens (tertiary/aromatic N) is 3. The number of carbonyl (C=O) groups excluding carboxylic acids is 1. The maximum atomic E-state index is 11.6. The number of ether oxygens (including phenoxy) is 1. The fourth-order valence-corrected chi connectivity index (χ4v) is 2.06. The fraction of sp³-hybridized carbons (Fsp3) is 0.364. The van der Waals surface area contributed by atoms with Crippen molar-refractivity contribution < 1.29 is 9.53 Å². The van der Waals surface area contributed by atoms with Crippen LogP contribution in [0.2, 0.25) is 5.15 Å². The molecule has 6 heteroatoms. The zero-order chi connectivity index (χ0) is 12.8. The standard InChI is InChI=1S/C11H13ClN3O2/c1-6(16)10-9-7(5-8(12)13-10)15(2,3)14-11(9)17-4/h5H,1-4H3/q+1. The van der Waals surface area contributed by atoms with Gasteiger partial charge in [-0.15, -0.1) is 0 Å². The van der Waals surface area contributed by atoms with Crippen molar-refractivity contribution in [3.63, 3.8) is 0 Å². The van der Waals surface area contributed by atoms with Crippen molar-refractivity contribution in [2.75, 3.05) is 21.2 Å². The minimum absolute atomic E-state index is 0.157. The first-order valence-corrected chi connectivity index (χ1v) is 5.45. The Labute approximate surface area is 104 Å². The molecule has 0 unspecified atom stereocenters. The number of halogens is 1. The van der Waals surface area contributed by atoms with Crippen LogP contribution < -0.4 is 4.59 Å². The highest BCUT2D eigenvalue weighted by molar-refractivity contribution is 6.30. The number of pyridine rings is 1. The van der Waals surface area contributed by atoms with Crippen LogP contribution in [0, 0.1) is 0 Å². The lowest BCUT2D eigenvalue weighted by molar-refractivity contribution is 0.101. The molecule has 1 aromatic rings. The Balaban J connectivity index is 2.78. The Hall–Kier alpha value is -1.46. The molecule has 0 saturated carbocycles. The molecule has 17 heavy (non-hydrogen) atoms. The topological polar surface area (TPSA) is 51.6 Å². The summed E-state index contributed by atoms with van der Waals surface area (Å²) in [5.74, 6) is 0.259. The van der Waals surface area contributed by atoms with Crippen LogP contribution in [0.25, 0.3) is 0 Å². The van der Waals surface area contributed by atoms with Gasteiger partial charge in [0.25, 0.3) is 5.90 Å². The first-order chi connectivity index (χ1) is 7.86. The summed E-state index contributed by atoms with van der Waals surface area (Å²) < 4.78 is 5.44. The largest absolute Gasteiger partial charge is 0.477 e. The number of carbonyl (C=O) groups is 1. The van der Waals surface area contributed by atoms with Gasteiger partial charge in [-0.05, 0) is 5.10 Å². The van der Waals surface area contributed by atoms with Gasteiger partial charge in [0, 0.05) is 13.0 Å². The molecule has 2 heterocycles. The molecule has 0 saturated heterocycles. The van der Waals surface area contributed by atoms with E-state index in [-0.39, 0.29) is 15.5 Å². The van der Waals surface area contributed by atoms with E-state index in [1.807, 2.05) is 14.1 Å². The van der Waals surface area contributed by atoms with E-state index in [0.717, 1.165) is 5.69 Å². The van der Waals surface area contributed by atoms with Crippen molar-refractivity contribution in [1.29, 1.82) is 0 Å². The molecule has 90 valence electrons. The van der Waals surface area contributed by atoms with Gasteiger partial charge < -0.3 is 4.74 Å². The normalized spacial score (nSPS) is 16.4. The van der Waals surface area contributed by atoms with E-state index < -0.39 is 0 Å². The lowest BCUT2D eigenvalue weighted by atomic mass is 10.1. The first kappa shape index (κ1) is 12.0. The molecule has 2 rings (SSSR count). The lowest BCUT2D eigenvalue weighted by Gasteiger charge is -2.17. The molecule has 1 aliphatic heterocycles. The summed E-state index contributed by atoms with van der Waals surface area (Å²) in [5.41, 5.74) is 1.75. The molecule has 1 aromatic heterocycles. The fourth-order valence-electron chi connectivity index (χ4n) is 1.87. The van der Waals surface area contributed by atoms with Gasteiger partial charge in [-0.1, -0.05) is 11.6 Å². The van der Waals surface area contributed by atoms with Crippen molar-refractivity contribution >= 4 is 29.0 Å². The molecule has 0 atom stereocenters. The number of rotatable bonds is 1. The van der Waals surface area contributed by atoms with Crippen LogP contribution in [-0.2, 0) is 4.74 Å². The zero-order valence-electron chi connectivity index (χ0n) is 10.1. The molecule has 0 radical (unpaired) electrons. The predicted molar refractivity (Wildman–Crippen MR) is 66.4 cm³/mol. The smallest absolute Gasteiger partial charge is 0.282 e. The average molecular weight is 255 g/mol. The maximum absolute atomic E-state index is 11.6. The first-order valence-electron chi connectivity index (χ1n) is 5.07. The van der Waals surface area contributed by atoms with Gasteiger partial charge in [-0.2, -0.15) is 4.59 Å². The third kappa shape index (κ3) is 1.81. The number of Topliss-reactive ketones (excluding diaryl/α,β-unsaturated/α-hetero) is 1. The van der Waals surface area contributed by atoms with Gasteiger partial charge in [-0.3, -0.25) is 4.79 Å².